The summed E-state index contributed by atoms with van der Waals surface area (Å²) in [4.78, 5) is 13.4. The fourth-order valence-electron chi connectivity index (χ4n) is 2.44. The van der Waals surface area contributed by atoms with Gasteiger partial charge in [0.25, 0.3) is 0 Å². The average molecular weight is 302 g/mol. The smallest absolute Gasteiger partial charge is 0.392 e. The third-order valence-corrected chi connectivity index (χ3v) is 3.51. The number of hydrogen-bond acceptors (Lipinski definition) is 3. The van der Waals surface area contributed by atoms with E-state index in [9.17, 15) is 23.1 Å². The lowest BCUT2D eigenvalue weighted by atomic mass is 10.1. The van der Waals surface area contributed by atoms with E-state index >= 15 is 0 Å². The van der Waals surface area contributed by atoms with E-state index in [1.807, 2.05) is 0 Å². The lowest BCUT2D eigenvalue weighted by Gasteiger charge is -2.23. The summed E-state index contributed by atoms with van der Waals surface area (Å²) in [5.41, 5.74) is -0.677. The van der Waals surface area contributed by atoms with Gasteiger partial charge in [-0.25, -0.2) is 0 Å². The van der Waals surface area contributed by atoms with Gasteiger partial charge < -0.3 is 15.3 Å². The van der Waals surface area contributed by atoms with Crippen LogP contribution in [0, 0.1) is 0 Å². The van der Waals surface area contributed by atoms with Crippen molar-refractivity contribution in [3.8, 4) is 0 Å². The Bertz CT molecular complexity index is 519. The first kappa shape index (κ1) is 15.8. The van der Waals surface area contributed by atoms with Gasteiger partial charge in [0, 0.05) is 20.1 Å². The van der Waals surface area contributed by atoms with Crippen molar-refractivity contribution in [2.45, 2.75) is 31.3 Å². The van der Waals surface area contributed by atoms with Crippen LogP contribution in [0.3, 0.4) is 0 Å². The third kappa shape index (κ3) is 3.74. The van der Waals surface area contributed by atoms with Crippen molar-refractivity contribution >= 4 is 5.91 Å². The number of halogens is 3. The van der Waals surface area contributed by atoms with Crippen molar-refractivity contribution in [2.75, 3.05) is 13.6 Å². The second-order valence-corrected chi connectivity index (χ2v) is 5.20. The predicted molar refractivity (Wildman–Crippen MR) is 70.3 cm³/mol. The Labute approximate surface area is 120 Å². The van der Waals surface area contributed by atoms with Crippen molar-refractivity contribution < 1.29 is 23.1 Å². The van der Waals surface area contributed by atoms with Crippen molar-refractivity contribution in [2.24, 2.45) is 0 Å². The van der Waals surface area contributed by atoms with Crippen molar-refractivity contribution in [1.82, 2.24) is 10.2 Å². The maximum atomic E-state index is 12.9. The molecule has 7 heteroatoms. The van der Waals surface area contributed by atoms with E-state index in [4.69, 9.17) is 0 Å². The summed E-state index contributed by atoms with van der Waals surface area (Å²) in [6.07, 6.45) is -4.75. The van der Waals surface area contributed by atoms with Crippen LogP contribution in [-0.2, 0) is 17.5 Å². The molecule has 2 N–H and O–H groups in total. The number of rotatable bonds is 3. The molecule has 2 rings (SSSR count). The van der Waals surface area contributed by atoms with Crippen LogP contribution < -0.4 is 5.32 Å². The summed E-state index contributed by atoms with van der Waals surface area (Å²) in [6, 6.07) is 4.67. The van der Waals surface area contributed by atoms with Crippen LogP contribution in [0.5, 0.6) is 0 Å². The summed E-state index contributed by atoms with van der Waals surface area (Å²) in [6.45, 7) is 0.201. The molecule has 4 nitrogen and oxygen atoms in total. The molecule has 1 aliphatic rings. The Balaban J connectivity index is 2.09. The maximum absolute atomic E-state index is 12.9. The molecule has 116 valence electrons. The first-order valence-corrected chi connectivity index (χ1v) is 6.60. The molecule has 0 spiro atoms. The number of alkyl halides is 3. The first-order valence-electron chi connectivity index (χ1n) is 6.60. The Morgan fingerprint density at radius 1 is 1.43 bits per heavy atom. The van der Waals surface area contributed by atoms with Crippen LogP contribution in [0.1, 0.15) is 17.5 Å². The van der Waals surface area contributed by atoms with Gasteiger partial charge in [-0.15, -0.1) is 0 Å². The lowest BCUT2D eigenvalue weighted by molar-refractivity contribution is -0.139. The molecule has 1 heterocycles. The molecule has 0 bridgehead atoms. The van der Waals surface area contributed by atoms with Gasteiger partial charge in [-0.3, -0.25) is 4.79 Å². The summed E-state index contributed by atoms with van der Waals surface area (Å²) >= 11 is 0. The topological polar surface area (TPSA) is 52.6 Å². The highest BCUT2D eigenvalue weighted by atomic mass is 19.4. The third-order valence-electron chi connectivity index (χ3n) is 3.51. The SMILES string of the molecule is CN(Cc1ccccc1C(F)(F)F)C(=O)[C@H]1C[C@H](O)CN1. The maximum Gasteiger partial charge on any atom is 0.416 e. The number of nitrogens with one attached hydrogen (secondary N) is 1. The van der Waals surface area contributed by atoms with Crippen LogP contribution in [0.4, 0.5) is 13.2 Å². The molecular weight excluding hydrogens is 285 g/mol. The summed E-state index contributed by atoms with van der Waals surface area (Å²) in [5, 5.41) is 12.2. The summed E-state index contributed by atoms with van der Waals surface area (Å²) < 4.78 is 38.7. The standard InChI is InChI=1S/C14H17F3N2O2/c1-19(13(21)12-6-10(20)7-18-12)8-9-4-2-3-5-11(9)14(15,16)17/h2-5,10,12,18,20H,6-8H2,1H3/t10-,12+/m0/s1. The molecule has 1 amide bonds. The molecule has 1 aliphatic heterocycles. The van der Waals surface area contributed by atoms with Crippen molar-refractivity contribution in [3.63, 3.8) is 0 Å². The number of aliphatic hydroxyl groups is 1. The molecule has 21 heavy (non-hydrogen) atoms. The Morgan fingerprint density at radius 2 is 2.10 bits per heavy atom. The number of β-amino-alcohol motifs (C(OH)–C–C–N with tert-alkyl or cyclic N) is 1. The number of carbonyl (C=O) groups excluding carboxylic acids is 1. The van der Waals surface area contributed by atoms with Crippen LogP contribution in [0.2, 0.25) is 0 Å². The Morgan fingerprint density at radius 3 is 2.67 bits per heavy atom. The zero-order valence-corrected chi connectivity index (χ0v) is 11.5. The van der Waals surface area contributed by atoms with Crippen LogP contribution in [-0.4, -0.2) is 41.7 Å². The molecule has 0 aliphatic carbocycles. The molecule has 1 aromatic rings. The second-order valence-electron chi connectivity index (χ2n) is 5.20. The van der Waals surface area contributed by atoms with Crippen molar-refractivity contribution in [1.29, 1.82) is 0 Å². The van der Waals surface area contributed by atoms with Gasteiger partial charge in [-0.2, -0.15) is 13.2 Å². The number of hydrogen-bond donors (Lipinski definition) is 2. The number of amides is 1. The van der Waals surface area contributed by atoms with E-state index < -0.39 is 23.9 Å². The van der Waals surface area contributed by atoms with Crippen LogP contribution in [0.15, 0.2) is 24.3 Å². The lowest BCUT2D eigenvalue weighted by Crippen LogP contribution is -2.41. The number of likely N-dealkylation sites (N-methyl/N-ethyl adjacent to an activating group) is 1. The van der Waals surface area contributed by atoms with Crippen LogP contribution >= 0.6 is 0 Å². The highest BCUT2D eigenvalue weighted by Gasteiger charge is 2.34. The van der Waals surface area contributed by atoms with Gasteiger partial charge in [-0.05, 0) is 18.1 Å². The molecule has 2 atom stereocenters. The van der Waals surface area contributed by atoms with Crippen LogP contribution in [0.25, 0.3) is 0 Å². The molecule has 0 unspecified atom stereocenters. The van der Waals surface area contributed by atoms with E-state index in [0.29, 0.717) is 6.54 Å². The molecule has 0 saturated carbocycles. The van der Waals surface area contributed by atoms with Gasteiger partial charge in [0.05, 0.1) is 17.7 Å². The molecule has 0 radical (unpaired) electrons. The molecular formula is C14H17F3N2O2. The molecule has 1 saturated heterocycles. The summed E-state index contributed by atoms with van der Waals surface area (Å²) in [5.74, 6) is -0.316. The monoisotopic (exact) mass is 302 g/mol. The van der Waals surface area contributed by atoms with Gasteiger partial charge in [0.15, 0.2) is 0 Å². The number of benzene rings is 1. The second kappa shape index (κ2) is 6.03. The number of carbonyl (C=O) groups is 1. The summed E-state index contributed by atoms with van der Waals surface area (Å²) in [7, 11) is 1.46. The molecule has 0 aromatic heterocycles. The zero-order valence-electron chi connectivity index (χ0n) is 11.5. The fourth-order valence-corrected chi connectivity index (χ4v) is 2.44. The number of nitrogens with zero attached hydrogens (tertiary/aromatic N) is 1. The average Bonchev–Trinajstić information content (AvgIpc) is 2.84. The number of aliphatic hydroxyl groups excluding tert-OH is 1. The highest BCUT2D eigenvalue weighted by Crippen LogP contribution is 2.32. The largest absolute Gasteiger partial charge is 0.416 e. The zero-order chi connectivity index (χ0) is 15.6. The minimum Gasteiger partial charge on any atom is -0.392 e. The van der Waals surface area contributed by atoms with Gasteiger partial charge in [-0.1, -0.05) is 18.2 Å². The fraction of sp³-hybridized carbons (Fsp3) is 0.500. The molecule has 1 aromatic carbocycles. The Hall–Kier alpha value is -1.60. The quantitative estimate of drug-likeness (QED) is 0.887. The van der Waals surface area contributed by atoms with E-state index in [2.05, 4.69) is 5.32 Å². The van der Waals surface area contributed by atoms with Gasteiger partial charge in [0.2, 0.25) is 5.91 Å². The normalized spacial score (nSPS) is 22.3. The highest BCUT2D eigenvalue weighted by molar-refractivity contribution is 5.82. The minimum absolute atomic E-state index is 0.0550. The van der Waals surface area contributed by atoms with E-state index in [1.165, 1.54) is 30.1 Å². The predicted octanol–water partition coefficient (Wildman–Crippen LogP) is 1.39. The van der Waals surface area contributed by atoms with E-state index in [-0.39, 0.29) is 24.4 Å². The van der Waals surface area contributed by atoms with Gasteiger partial charge in [0.1, 0.15) is 0 Å². The minimum atomic E-state index is -4.44. The van der Waals surface area contributed by atoms with E-state index in [0.717, 1.165) is 6.07 Å². The molecule has 1 fully saturated rings. The van der Waals surface area contributed by atoms with Crippen molar-refractivity contribution in [3.05, 3.63) is 35.4 Å². The van der Waals surface area contributed by atoms with E-state index in [1.54, 1.807) is 0 Å². The van der Waals surface area contributed by atoms with Gasteiger partial charge >= 0.3 is 6.18 Å². The first-order chi connectivity index (χ1) is 9.79. The Kier molecular flexibility index (Phi) is 4.53.